The van der Waals surface area contributed by atoms with Crippen LogP contribution in [0.5, 0.6) is 5.75 Å². The Morgan fingerprint density at radius 2 is 1.70 bits per heavy atom. The van der Waals surface area contributed by atoms with Crippen molar-refractivity contribution in [2.45, 2.75) is 71.5 Å². The molecule has 0 heterocycles. The number of hydrogen-bond acceptors (Lipinski definition) is 4. The molecule has 1 saturated carbocycles. The number of carbonyl (C=O) groups excluding carboxylic acids is 2. The van der Waals surface area contributed by atoms with E-state index in [1.165, 1.54) is 0 Å². The van der Waals surface area contributed by atoms with Crippen molar-refractivity contribution in [2.75, 3.05) is 11.9 Å². The number of benzene rings is 2. The van der Waals surface area contributed by atoms with Crippen molar-refractivity contribution in [3.63, 3.8) is 0 Å². The zero-order chi connectivity index (χ0) is 23.8. The monoisotopic (exact) mass is 451 g/mol. The van der Waals surface area contributed by atoms with E-state index >= 15 is 0 Å². The van der Waals surface area contributed by atoms with Crippen molar-refractivity contribution >= 4 is 17.5 Å². The average molecular weight is 452 g/mol. The topological polar surface area (TPSA) is 84.7 Å². The molecule has 6 heteroatoms. The lowest BCUT2D eigenvalue weighted by atomic mass is 9.87. The number of nitrogens with one attached hydrogen (secondary N) is 1. The molecule has 2 aromatic carbocycles. The average Bonchev–Trinajstić information content (AvgIpc) is 2.77. The molecule has 0 saturated heterocycles. The summed E-state index contributed by atoms with van der Waals surface area (Å²) in [4.78, 5) is 27.4. The first-order valence-electron chi connectivity index (χ1n) is 11.8. The molecule has 6 nitrogen and oxygen atoms in total. The molecule has 2 aromatic rings. The van der Waals surface area contributed by atoms with E-state index in [0.29, 0.717) is 24.4 Å². The van der Waals surface area contributed by atoms with Crippen molar-refractivity contribution in [3.05, 3.63) is 60.2 Å². The molecular formula is C27H37N3O3. The van der Waals surface area contributed by atoms with Gasteiger partial charge in [0.05, 0.1) is 0 Å². The Bertz CT molecular complexity index is 906. The van der Waals surface area contributed by atoms with Gasteiger partial charge in [0.15, 0.2) is 6.61 Å². The van der Waals surface area contributed by atoms with Gasteiger partial charge in [-0.2, -0.15) is 0 Å². The Morgan fingerprint density at radius 1 is 1.03 bits per heavy atom. The van der Waals surface area contributed by atoms with Crippen LogP contribution in [0.1, 0.15) is 58.4 Å². The number of carbonyl (C=O) groups is 2. The largest absolute Gasteiger partial charge is 0.484 e. The van der Waals surface area contributed by atoms with Crippen molar-refractivity contribution in [2.24, 2.45) is 11.1 Å². The third kappa shape index (κ3) is 7.90. The Kier molecular flexibility index (Phi) is 8.50. The Hall–Kier alpha value is -2.86. The summed E-state index contributed by atoms with van der Waals surface area (Å²) in [7, 11) is 0. The maximum absolute atomic E-state index is 13.2. The van der Waals surface area contributed by atoms with Crippen LogP contribution in [-0.2, 0) is 16.1 Å². The van der Waals surface area contributed by atoms with Gasteiger partial charge in [0.2, 0.25) is 5.91 Å². The van der Waals surface area contributed by atoms with Crippen molar-refractivity contribution in [1.29, 1.82) is 0 Å². The number of hydrogen-bond donors (Lipinski definition) is 2. The van der Waals surface area contributed by atoms with Crippen LogP contribution in [0.4, 0.5) is 5.69 Å². The summed E-state index contributed by atoms with van der Waals surface area (Å²) in [5.74, 6) is 0.589. The van der Waals surface area contributed by atoms with Crippen LogP contribution >= 0.6 is 0 Å². The second kappa shape index (κ2) is 11.3. The lowest BCUT2D eigenvalue weighted by molar-refractivity contribution is -0.137. The molecule has 0 radical (unpaired) electrons. The molecule has 3 N–H and O–H groups in total. The standard InChI is InChI=1S/C27H37N3O3/c1-27(2,3)17-26(32)30(24-12-8-7-11-23(24)28)18-20-13-15-21(16-14-20)29-25(31)19-33-22-9-5-4-6-10-22/h4-6,9-10,13-16,23-24H,7-8,11-12,17-19,28H2,1-3H3,(H,29,31). The minimum atomic E-state index is -0.221. The van der Waals surface area contributed by atoms with E-state index in [-0.39, 0.29) is 35.9 Å². The molecule has 0 spiro atoms. The van der Waals surface area contributed by atoms with Crippen molar-refractivity contribution in [1.82, 2.24) is 4.90 Å². The van der Waals surface area contributed by atoms with Crippen LogP contribution in [0.25, 0.3) is 0 Å². The summed E-state index contributed by atoms with van der Waals surface area (Å²) in [6, 6.07) is 17.0. The number of amides is 2. The second-order valence-electron chi connectivity index (χ2n) is 10.1. The number of nitrogens with two attached hydrogens (primary N) is 1. The van der Waals surface area contributed by atoms with Crippen molar-refractivity contribution < 1.29 is 14.3 Å². The quantitative estimate of drug-likeness (QED) is 0.607. The predicted molar refractivity (Wildman–Crippen MR) is 132 cm³/mol. The molecular weight excluding hydrogens is 414 g/mol. The molecule has 2 unspecified atom stereocenters. The van der Waals surface area contributed by atoms with Crippen LogP contribution in [0, 0.1) is 5.41 Å². The molecule has 2 amide bonds. The van der Waals surface area contributed by atoms with Crippen LogP contribution in [0.15, 0.2) is 54.6 Å². The highest BCUT2D eigenvalue weighted by Gasteiger charge is 2.32. The first-order chi connectivity index (χ1) is 15.7. The maximum Gasteiger partial charge on any atom is 0.262 e. The number of para-hydroxylation sites is 1. The van der Waals surface area contributed by atoms with Gasteiger partial charge in [0, 0.05) is 30.7 Å². The lowest BCUT2D eigenvalue weighted by Crippen LogP contribution is -2.52. The SMILES string of the molecule is CC(C)(C)CC(=O)N(Cc1ccc(NC(=O)COc2ccccc2)cc1)C1CCCCC1N. The van der Waals surface area contributed by atoms with Gasteiger partial charge >= 0.3 is 0 Å². The highest BCUT2D eigenvalue weighted by atomic mass is 16.5. The van der Waals surface area contributed by atoms with Gasteiger partial charge in [0.1, 0.15) is 5.75 Å². The molecule has 1 aliphatic rings. The summed E-state index contributed by atoms with van der Waals surface area (Å²) >= 11 is 0. The number of rotatable bonds is 8. The Balaban J connectivity index is 1.61. The smallest absolute Gasteiger partial charge is 0.262 e. The fraction of sp³-hybridized carbons (Fsp3) is 0.481. The summed E-state index contributed by atoms with van der Waals surface area (Å²) in [5, 5.41) is 2.85. The molecule has 2 atom stereocenters. The summed E-state index contributed by atoms with van der Waals surface area (Å²) in [5.41, 5.74) is 8.07. The Morgan fingerprint density at radius 3 is 2.33 bits per heavy atom. The Labute approximate surface area is 197 Å². The highest BCUT2D eigenvalue weighted by Crippen LogP contribution is 2.28. The van der Waals surface area contributed by atoms with E-state index in [4.69, 9.17) is 10.5 Å². The molecule has 3 rings (SSSR count). The minimum Gasteiger partial charge on any atom is -0.484 e. The van der Waals surface area contributed by atoms with Gasteiger partial charge in [-0.15, -0.1) is 0 Å². The van der Waals surface area contributed by atoms with E-state index in [1.54, 1.807) is 0 Å². The van der Waals surface area contributed by atoms with Gasteiger partial charge < -0.3 is 20.7 Å². The van der Waals surface area contributed by atoms with E-state index in [2.05, 4.69) is 26.1 Å². The number of anilines is 1. The minimum absolute atomic E-state index is 0.0193. The third-order valence-electron chi connectivity index (χ3n) is 5.89. The van der Waals surface area contributed by atoms with Crippen LogP contribution in [0.3, 0.4) is 0 Å². The number of nitrogens with zero attached hydrogens (tertiary/aromatic N) is 1. The van der Waals surface area contributed by atoms with E-state index in [9.17, 15) is 9.59 Å². The van der Waals surface area contributed by atoms with E-state index < -0.39 is 0 Å². The summed E-state index contributed by atoms with van der Waals surface area (Å²) in [6.45, 7) is 6.73. The van der Waals surface area contributed by atoms with Gasteiger partial charge in [-0.3, -0.25) is 9.59 Å². The van der Waals surface area contributed by atoms with E-state index in [1.807, 2.05) is 59.5 Å². The maximum atomic E-state index is 13.2. The molecule has 178 valence electrons. The van der Waals surface area contributed by atoms with Crippen molar-refractivity contribution in [3.8, 4) is 5.75 Å². The normalized spacial score (nSPS) is 18.4. The molecule has 0 aromatic heterocycles. The summed E-state index contributed by atoms with van der Waals surface area (Å²) in [6.07, 6.45) is 4.63. The van der Waals surface area contributed by atoms with Gasteiger partial charge in [0.25, 0.3) is 5.91 Å². The van der Waals surface area contributed by atoms with Gasteiger partial charge in [-0.05, 0) is 48.1 Å². The summed E-state index contributed by atoms with van der Waals surface area (Å²) < 4.78 is 5.49. The fourth-order valence-electron chi connectivity index (χ4n) is 4.23. The predicted octanol–water partition coefficient (Wildman–Crippen LogP) is 4.74. The highest BCUT2D eigenvalue weighted by molar-refractivity contribution is 5.91. The first-order valence-corrected chi connectivity index (χ1v) is 11.8. The second-order valence-corrected chi connectivity index (χ2v) is 10.1. The zero-order valence-electron chi connectivity index (χ0n) is 20.0. The van der Waals surface area contributed by atoms with Crippen LogP contribution in [0.2, 0.25) is 0 Å². The first kappa shape index (κ1) is 24.8. The molecule has 0 aliphatic heterocycles. The lowest BCUT2D eigenvalue weighted by Gasteiger charge is -2.39. The fourth-order valence-corrected chi connectivity index (χ4v) is 4.23. The van der Waals surface area contributed by atoms with Gasteiger partial charge in [-0.25, -0.2) is 0 Å². The molecule has 1 aliphatic carbocycles. The zero-order valence-corrected chi connectivity index (χ0v) is 20.0. The van der Waals surface area contributed by atoms with Crippen LogP contribution in [-0.4, -0.2) is 35.4 Å². The van der Waals surface area contributed by atoms with E-state index in [0.717, 1.165) is 31.2 Å². The molecule has 33 heavy (non-hydrogen) atoms. The molecule has 1 fully saturated rings. The molecule has 0 bridgehead atoms. The van der Waals surface area contributed by atoms with Gasteiger partial charge in [-0.1, -0.05) is 63.9 Å². The third-order valence-corrected chi connectivity index (χ3v) is 5.89. The van der Waals surface area contributed by atoms with Crippen LogP contribution < -0.4 is 15.8 Å². The number of ether oxygens (including phenoxy) is 1.